The zero-order valence-electron chi connectivity index (χ0n) is 12.8. The zero-order valence-corrected chi connectivity index (χ0v) is 15.7. The van der Waals surface area contributed by atoms with Crippen LogP contribution < -0.4 is 0 Å². The first-order valence-corrected chi connectivity index (χ1v) is 6.92. The average Bonchev–Trinajstić information content (AvgIpc) is 2.53. The van der Waals surface area contributed by atoms with Crippen molar-refractivity contribution in [2.24, 2.45) is 0 Å². The van der Waals surface area contributed by atoms with Crippen LogP contribution in [0.5, 0.6) is 0 Å². The van der Waals surface area contributed by atoms with Gasteiger partial charge in [-0.15, -0.1) is 11.1 Å². The summed E-state index contributed by atoms with van der Waals surface area (Å²) >= 11 is 0. The Balaban J connectivity index is 0.000000364. The Morgan fingerprint density at radius 3 is 1.33 bits per heavy atom. The van der Waals surface area contributed by atoms with Crippen molar-refractivity contribution in [1.82, 2.24) is 0 Å². The quantitative estimate of drug-likeness (QED) is 0.725. The Labute approximate surface area is 153 Å². The van der Waals surface area contributed by atoms with Crippen molar-refractivity contribution in [2.75, 3.05) is 13.2 Å². The van der Waals surface area contributed by atoms with Gasteiger partial charge in [-0.2, -0.15) is 60.7 Å². The molecule has 0 fully saturated rings. The molecule has 3 heteroatoms. The second-order valence-electron chi connectivity index (χ2n) is 4.09. The summed E-state index contributed by atoms with van der Waals surface area (Å²) in [7, 11) is 0. The van der Waals surface area contributed by atoms with Crippen molar-refractivity contribution < 1.29 is 42.2 Å². The maximum atomic E-state index is 5.21. The first kappa shape index (κ1) is 20.5. The standard InChI is InChI=1S/2C9H11O.Y/c2*1-2-10-8-9-6-4-3-5-7-9;/h2*4-7H,2,8H2,1H3;/q2*-1;. The van der Waals surface area contributed by atoms with Gasteiger partial charge in [0.2, 0.25) is 0 Å². The maximum Gasteiger partial charge on any atom is 0.0496 e. The molecule has 0 N–H and O–H groups in total. The van der Waals surface area contributed by atoms with Crippen LogP contribution in [0.4, 0.5) is 0 Å². The monoisotopic (exact) mass is 359 g/mol. The van der Waals surface area contributed by atoms with E-state index in [1.165, 1.54) is 11.1 Å². The van der Waals surface area contributed by atoms with E-state index in [0.29, 0.717) is 13.2 Å². The van der Waals surface area contributed by atoms with Crippen LogP contribution in [0.2, 0.25) is 0 Å². The van der Waals surface area contributed by atoms with Gasteiger partial charge in [0.05, 0.1) is 0 Å². The van der Waals surface area contributed by atoms with Gasteiger partial charge < -0.3 is 9.47 Å². The van der Waals surface area contributed by atoms with Crippen LogP contribution in [-0.4, -0.2) is 13.2 Å². The van der Waals surface area contributed by atoms with Crippen LogP contribution in [0, 0.1) is 12.1 Å². The minimum atomic E-state index is 0. The molecule has 0 atom stereocenters. The number of ether oxygens (including phenoxy) is 2. The molecular formula is C18H22O2Y-2. The maximum absolute atomic E-state index is 5.21. The van der Waals surface area contributed by atoms with Gasteiger partial charge in [0.25, 0.3) is 0 Å². The van der Waals surface area contributed by atoms with Gasteiger partial charge in [0, 0.05) is 59.1 Å². The minimum absolute atomic E-state index is 0. The van der Waals surface area contributed by atoms with E-state index >= 15 is 0 Å². The first-order valence-electron chi connectivity index (χ1n) is 6.92. The summed E-state index contributed by atoms with van der Waals surface area (Å²) in [6, 6.07) is 21.5. The molecule has 21 heavy (non-hydrogen) atoms. The summed E-state index contributed by atoms with van der Waals surface area (Å²) in [5.41, 5.74) is 2.42. The third-order valence-corrected chi connectivity index (χ3v) is 2.52. The van der Waals surface area contributed by atoms with Gasteiger partial charge in [-0.1, -0.05) is 0 Å². The molecule has 0 unspecified atom stereocenters. The van der Waals surface area contributed by atoms with E-state index in [4.69, 9.17) is 9.47 Å². The fourth-order valence-electron chi connectivity index (χ4n) is 1.48. The Morgan fingerprint density at radius 1 is 0.714 bits per heavy atom. The molecule has 2 aromatic carbocycles. The van der Waals surface area contributed by atoms with Crippen molar-refractivity contribution in [1.29, 1.82) is 0 Å². The molecule has 0 saturated heterocycles. The Hall–Kier alpha value is -0.536. The van der Waals surface area contributed by atoms with E-state index in [-0.39, 0.29) is 32.7 Å². The molecular weight excluding hydrogens is 337 g/mol. The Morgan fingerprint density at radius 2 is 1.05 bits per heavy atom. The summed E-state index contributed by atoms with van der Waals surface area (Å²) < 4.78 is 10.4. The number of rotatable bonds is 6. The molecule has 1 radical (unpaired) electrons. The van der Waals surface area contributed by atoms with Crippen LogP contribution in [0.25, 0.3) is 0 Å². The molecule has 0 amide bonds. The Kier molecular flexibility index (Phi) is 14.0. The average molecular weight is 359 g/mol. The molecule has 0 aromatic heterocycles. The normalized spacial score (nSPS) is 9.24. The summed E-state index contributed by atoms with van der Waals surface area (Å²) in [6.07, 6.45) is 0. The van der Waals surface area contributed by atoms with Crippen molar-refractivity contribution in [3.63, 3.8) is 0 Å². The van der Waals surface area contributed by atoms with Gasteiger partial charge in [0.1, 0.15) is 0 Å². The molecule has 0 aliphatic heterocycles. The van der Waals surface area contributed by atoms with Crippen LogP contribution in [0.15, 0.2) is 48.5 Å². The molecule has 111 valence electrons. The van der Waals surface area contributed by atoms with Gasteiger partial charge >= 0.3 is 0 Å². The summed E-state index contributed by atoms with van der Waals surface area (Å²) in [6.45, 7) is 6.97. The first-order chi connectivity index (χ1) is 9.86. The third kappa shape index (κ3) is 10.8. The van der Waals surface area contributed by atoms with E-state index in [1.807, 2.05) is 62.4 Å². The second kappa shape index (κ2) is 14.4. The predicted molar refractivity (Wildman–Crippen MR) is 81.2 cm³/mol. The number of hydrogen-bond acceptors (Lipinski definition) is 2. The van der Waals surface area contributed by atoms with Crippen LogP contribution in [0.3, 0.4) is 0 Å². The van der Waals surface area contributed by atoms with Gasteiger partial charge in [0.15, 0.2) is 0 Å². The molecule has 2 aromatic rings. The smallest absolute Gasteiger partial charge is 0.0496 e. The van der Waals surface area contributed by atoms with Crippen LogP contribution in [-0.2, 0) is 55.4 Å². The minimum Gasteiger partial charge on any atom is -0.379 e. The third-order valence-electron chi connectivity index (χ3n) is 2.52. The number of benzene rings is 2. The van der Waals surface area contributed by atoms with E-state index in [1.54, 1.807) is 0 Å². The molecule has 0 spiro atoms. The molecule has 0 bridgehead atoms. The molecule has 0 aliphatic carbocycles. The van der Waals surface area contributed by atoms with E-state index in [2.05, 4.69) is 12.1 Å². The van der Waals surface area contributed by atoms with Gasteiger partial charge in [-0.25, -0.2) is 0 Å². The van der Waals surface area contributed by atoms with Crippen molar-refractivity contribution >= 4 is 0 Å². The van der Waals surface area contributed by atoms with E-state index < -0.39 is 0 Å². The van der Waals surface area contributed by atoms with Crippen LogP contribution in [0.1, 0.15) is 25.0 Å². The van der Waals surface area contributed by atoms with Gasteiger partial charge in [-0.3, -0.25) is 0 Å². The summed E-state index contributed by atoms with van der Waals surface area (Å²) in [4.78, 5) is 0. The molecule has 0 aliphatic rings. The van der Waals surface area contributed by atoms with Crippen molar-refractivity contribution in [2.45, 2.75) is 27.1 Å². The summed E-state index contributed by atoms with van der Waals surface area (Å²) in [5, 5.41) is 0. The number of hydrogen-bond donors (Lipinski definition) is 0. The predicted octanol–water partition coefficient (Wildman–Crippen LogP) is 4.04. The van der Waals surface area contributed by atoms with Gasteiger partial charge in [-0.05, 0) is 13.8 Å². The largest absolute Gasteiger partial charge is 0.379 e. The SMILES string of the molecule is CCOCc1cc[c-]cc1.CCOCc1cc[c-]cc1.[Y]. The molecule has 0 saturated carbocycles. The van der Waals surface area contributed by atoms with Crippen LogP contribution >= 0.6 is 0 Å². The molecule has 0 heterocycles. The topological polar surface area (TPSA) is 18.5 Å². The molecule has 2 rings (SSSR count). The fraction of sp³-hybridized carbons (Fsp3) is 0.333. The molecule has 2 nitrogen and oxygen atoms in total. The zero-order chi connectivity index (χ0) is 14.5. The Bertz CT molecular complexity index is 388. The second-order valence-corrected chi connectivity index (χ2v) is 4.09. The van der Waals surface area contributed by atoms with Crippen molar-refractivity contribution in [3.05, 3.63) is 71.8 Å². The van der Waals surface area contributed by atoms with E-state index in [0.717, 1.165) is 13.2 Å². The van der Waals surface area contributed by atoms with Crippen molar-refractivity contribution in [3.8, 4) is 0 Å². The van der Waals surface area contributed by atoms with E-state index in [9.17, 15) is 0 Å². The fourth-order valence-corrected chi connectivity index (χ4v) is 1.48. The summed E-state index contributed by atoms with van der Waals surface area (Å²) in [5.74, 6) is 0.